The molecule has 0 fully saturated rings. The van der Waals surface area contributed by atoms with E-state index in [9.17, 15) is 0 Å². The molecular weight excluding hydrogens is 264 g/mol. The maximum Gasteiger partial charge on any atom is 0.0701 e. The Morgan fingerprint density at radius 1 is 1.14 bits per heavy atom. The van der Waals surface area contributed by atoms with Crippen molar-refractivity contribution in [3.8, 4) is 0 Å². The number of ether oxygens (including phenoxy) is 2. The first-order valence-electron chi connectivity index (χ1n) is 7.59. The third kappa shape index (κ3) is 4.56. The SMILES string of the molecule is COCCOCCn1cc(CNC(C)C)c2ccccc21. The van der Waals surface area contributed by atoms with E-state index in [-0.39, 0.29) is 0 Å². The van der Waals surface area contributed by atoms with Crippen LogP contribution in [0.5, 0.6) is 0 Å². The van der Waals surface area contributed by atoms with Gasteiger partial charge >= 0.3 is 0 Å². The lowest BCUT2D eigenvalue weighted by Crippen LogP contribution is -2.21. The van der Waals surface area contributed by atoms with Gasteiger partial charge in [-0.15, -0.1) is 0 Å². The molecule has 1 N–H and O–H groups in total. The zero-order valence-corrected chi connectivity index (χ0v) is 13.3. The van der Waals surface area contributed by atoms with Gasteiger partial charge in [0.05, 0.1) is 19.8 Å². The van der Waals surface area contributed by atoms with Gasteiger partial charge in [0.15, 0.2) is 0 Å². The number of para-hydroxylation sites is 1. The number of rotatable bonds is 9. The average molecular weight is 290 g/mol. The molecule has 0 aliphatic heterocycles. The van der Waals surface area contributed by atoms with E-state index in [0.717, 1.165) is 13.1 Å². The number of fused-ring (bicyclic) bond motifs is 1. The molecule has 0 aliphatic rings. The molecule has 1 heterocycles. The Bertz CT molecular complexity index is 549. The molecule has 0 saturated carbocycles. The molecule has 0 bridgehead atoms. The van der Waals surface area contributed by atoms with Crippen molar-refractivity contribution in [1.82, 2.24) is 9.88 Å². The van der Waals surface area contributed by atoms with E-state index < -0.39 is 0 Å². The second-order valence-electron chi connectivity index (χ2n) is 5.51. The van der Waals surface area contributed by atoms with Gasteiger partial charge in [0, 0.05) is 43.3 Å². The van der Waals surface area contributed by atoms with E-state index >= 15 is 0 Å². The highest BCUT2D eigenvalue weighted by atomic mass is 16.5. The molecular formula is C17H26N2O2. The number of hydrogen-bond donors (Lipinski definition) is 1. The third-order valence-corrected chi connectivity index (χ3v) is 3.48. The first-order valence-corrected chi connectivity index (χ1v) is 7.59. The molecule has 0 atom stereocenters. The number of nitrogens with one attached hydrogen (secondary N) is 1. The Morgan fingerprint density at radius 3 is 2.71 bits per heavy atom. The monoisotopic (exact) mass is 290 g/mol. The molecule has 4 heteroatoms. The fraction of sp³-hybridized carbons (Fsp3) is 0.529. The number of hydrogen-bond acceptors (Lipinski definition) is 3. The summed E-state index contributed by atoms with van der Waals surface area (Å²) < 4.78 is 12.8. The standard InChI is InChI=1S/C17H26N2O2/c1-14(2)18-12-15-13-19(8-9-21-11-10-20-3)17-7-5-4-6-16(15)17/h4-7,13-14,18H,8-12H2,1-3H3. The van der Waals surface area contributed by atoms with Gasteiger partial charge in [-0.2, -0.15) is 0 Å². The lowest BCUT2D eigenvalue weighted by atomic mass is 10.2. The predicted molar refractivity (Wildman–Crippen MR) is 86.6 cm³/mol. The Hall–Kier alpha value is -1.36. The highest BCUT2D eigenvalue weighted by Crippen LogP contribution is 2.21. The normalized spacial score (nSPS) is 11.6. The van der Waals surface area contributed by atoms with Crippen molar-refractivity contribution in [3.63, 3.8) is 0 Å². The molecule has 0 saturated heterocycles. The van der Waals surface area contributed by atoms with Crippen molar-refractivity contribution in [3.05, 3.63) is 36.0 Å². The lowest BCUT2D eigenvalue weighted by Gasteiger charge is -2.07. The van der Waals surface area contributed by atoms with Crippen LogP contribution in [-0.4, -0.2) is 37.5 Å². The van der Waals surface area contributed by atoms with Crippen molar-refractivity contribution in [2.24, 2.45) is 0 Å². The first-order chi connectivity index (χ1) is 10.2. The van der Waals surface area contributed by atoms with Crippen LogP contribution in [0.4, 0.5) is 0 Å². The largest absolute Gasteiger partial charge is 0.382 e. The molecule has 0 aliphatic carbocycles. The fourth-order valence-electron chi connectivity index (χ4n) is 2.37. The van der Waals surface area contributed by atoms with Gasteiger partial charge in [-0.3, -0.25) is 0 Å². The molecule has 1 aromatic carbocycles. The van der Waals surface area contributed by atoms with Crippen molar-refractivity contribution >= 4 is 10.9 Å². The molecule has 2 aromatic rings. The van der Waals surface area contributed by atoms with E-state index in [1.807, 2.05) is 0 Å². The fourth-order valence-corrected chi connectivity index (χ4v) is 2.37. The molecule has 2 rings (SSSR count). The number of aromatic nitrogens is 1. The minimum Gasteiger partial charge on any atom is -0.382 e. The molecule has 0 radical (unpaired) electrons. The molecule has 0 amide bonds. The van der Waals surface area contributed by atoms with E-state index in [2.05, 4.69) is 54.2 Å². The number of benzene rings is 1. The quantitative estimate of drug-likeness (QED) is 0.721. The van der Waals surface area contributed by atoms with Gasteiger partial charge in [0.25, 0.3) is 0 Å². The maximum atomic E-state index is 5.57. The van der Waals surface area contributed by atoms with Crippen molar-refractivity contribution < 1.29 is 9.47 Å². The summed E-state index contributed by atoms with van der Waals surface area (Å²) in [6.07, 6.45) is 2.24. The van der Waals surface area contributed by atoms with Crippen molar-refractivity contribution in [1.29, 1.82) is 0 Å². The van der Waals surface area contributed by atoms with Crippen LogP contribution < -0.4 is 5.32 Å². The Kier molecular flexibility index (Phi) is 6.23. The summed E-state index contributed by atoms with van der Waals surface area (Å²) in [6.45, 7) is 8.11. The van der Waals surface area contributed by atoms with Crippen LogP contribution in [0.3, 0.4) is 0 Å². The topological polar surface area (TPSA) is 35.4 Å². The van der Waals surface area contributed by atoms with E-state index in [0.29, 0.717) is 25.9 Å². The summed E-state index contributed by atoms with van der Waals surface area (Å²) >= 11 is 0. The lowest BCUT2D eigenvalue weighted by molar-refractivity contribution is 0.0670. The molecule has 0 unspecified atom stereocenters. The summed E-state index contributed by atoms with van der Waals surface area (Å²) in [6, 6.07) is 9.04. The van der Waals surface area contributed by atoms with Crippen LogP contribution in [0.15, 0.2) is 30.5 Å². The predicted octanol–water partition coefficient (Wildman–Crippen LogP) is 2.80. The summed E-state index contributed by atoms with van der Waals surface area (Å²) in [5, 5.41) is 4.81. The Labute approximate surface area is 127 Å². The van der Waals surface area contributed by atoms with E-state index in [1.165, 1.54) is 16.5 Å². The summed E-state index contributed by atoms with van der Waals surface area (Å²) in [5.41, 5.74) is 2.62. The summed E-state index contributed by atoms with van der Waals surface area (Å²) in [5.74, 6) is 0. The van der Waals surface area contributed by atoms with Crippen LogP contribution in [-0.2, 0) is 22.6 Å². The molecule has 0 spiro atoms. The molecule has 1 aromatic heterocycles. The molecule has 21 heavy (non-hydrogen) atoms. The van der Waals surface area contributed by atoms with E-state index in [4.69, 9.17) is 9.47 Å². The highest BCUT2D eigenvalue weighted by molar-refractivity contribution is 5.83. The van der Waals surface area contributed by atoms with Crippen LogP contribution >= 0.6 is 0 Å². The Balaban J connectivity index is 2.04. The van der Waals surface area contributed by atoms with Crippen LogP contribution in [0.25, 0.3) is 10.9 Å². The second kappa shape index (κ2) is 8.17. The number of methoxy groups -OCH3 is 1. The summed E-state index contributed by atoms with van der Waals surface area (Å²) in [4.78, 5) is 0. The first kappa shape index (κ1) is 16.0. The van der Waals surface area contributed by atoms with Gasteiger partial charge in [-0.1, -0.05) is 32.0 Å². The average Bonchev–Trinajstić information content (AvgIpc) is 2.83. The minimum atomic E-state index is 0.490. The zero-order valence-electron chi connectivity index (χ0n) is 13.3. The minimum absolute atomic E-state index is 0.490. The molecule has 4 nitrogen and oxygen atoms in total. The van der Waals surface area contributed by atoms with Gasteiger partial charge < -0.3 is 19.4 Å². The van der Waals surface area contributed by atoms with Crippen LogP contribution in [0.1, 0.15) is 19.4 Å². The molecule has 116 valence electrons. The highest BCUT2D eigenvalue weighted by Gasteiger charge is 2.08. The number of nitrogens with zero attached hydrogens (tertiary/aromatic N) is 1. The van der Waals surface area contributed by atoms with Crippen molar-refractivity contribution in [2.45, 2.75) is 33.0 Å². The van der Waals surface area contributed by atoms with Gasteiger partial charge in [-0.25, -0.2) is 0 Å². The van der Waals surface area contributed by atoms with Gasteiger partial charge in [-0.05, 0) is 11.6 Å². The Morgan fingerprint density at radius 2 is 1.95 bits per heavy atom. The maximum absolute atomic E-state index is 5.57. The van der Waals surface area contributed by atoms with Crippen LogP contribution in [0.2, 0.25) is 0 Å². The zero-order chi connectivity index (χ0) is 15.1. The second-order valence-corrected chi connectivity index (χ2v) is 5.51. The summed E-state index contributed by atoms with van der Waals surface area (Å²) in [7, 11) is 1.69. The third-order valence-electron chi connectivity index (χ3n) is 3.48. The van der Waals surface area contributed by atoms with Crippen molar-refractivity contribution in [2.75, 3.05) is 26.9 Å². The smallest absolute Gasteiger partial charge is 0.0701 e. The van der Waals surface area contributed by atoms with Gasteiger partial charge in [0.1, 0.15) is 0 Å². The van der Waals surface area contributed by atoms with Crippen LogP contribution in [0, 0.1) is 0 Å². The van der Waals surface area contributed by atoms with E-state index in [1.54, 1.807) is 7.11 Å². The van der Waals surface area contributed by atoms with Gasteiger partial charge in [0.2, 0.25) is 0 Å².